The summed E-state index contributed by atoms with van der Waals surface area (Å²) in [5.74, 6) is 0.799. The average Bonchev–Trinajstić information content (AvgIpc) is 2.48. The maximum absolute atomic E-state index is 11.7. The largest absolute Gasteiger partial charge is 0.489 e. The van der Waals surface area contributed by atoms with E-state index in [0.717, 1.165) is 24.5 Å². The molecule has 112 valence electrons. The highest BCUT2D eigenvalue weighted by molar-refractivity contribution is 5.78. The third-order valence-electron chi connectivity index (χ3n) is 3.43. The molecular formula is C16H21N3O2. The fourth-order valence-electron chi connectivity index (χ4n) is 2.45. The first-order valence-corrected chi connectivity index (χ1v) is 7.27. The Balaban J connectivity index is 2.02. The molecule has 0 bridgehead atoms. The van der Waals surface area contributed by atoms with Gasteiger partial charge in [-0.1, -0.05) is 12.1 Å². The number of hydrogen-bond donors (Lipinski definition) is 0. The van der Waals surface area contributed by atoms with Gasteiger partial charge in [-0.25, -0.2) is 0 Å². The third-order valence-corrected chi connectivity index (χ3v) is 3.43. The Morgan fingerprint density at radius 2 is 1.95 bits per heavy atom. The van der Waals surface area contributed by atoms with Crippen LogP contribution in [0.2, 0.25) is 0 Å². The summed E-state index contributed by atoms with van der Waals surface area (Å²) in [4.78, 5) is 15.7. The van der Waals surface area contributed by atoms with Gasteiger partial charge < -0.3 is 14.5 Å². The Bertz CT molecular complexity index is 529. The van der Waals surface area contributed by atoms with Crippen molar-refractivity contribution in [3.8, 4) is 11.8 Å². The van der Waals surface area contributed by atoms with Gasteiger partial charge >= 0.3 is 0 Å². The van der Waals surface area contributed by atoms with E-state index in [2.05, 4.69) is 4.90 Å². The number of nitriles is 1. The van der Waals surface area contributed by atoms with Crippen LogP contribution in [0.5, 0.6) is 5.75 Å². The SMILES string of the molecule is CC(C)Oc1ccccc1N1CCN(C(=O)CC#N)CC1. The van der Waals surface area contributed by atoms with E-state index >= 15 is 0 Å². The smallest absolute Gasteiger partial charge is 0.236 e. The van der Waals surface area contributed by atoms with Crippen LogP contribution in [-0.4, -0.2) is 43.1 Å². The number of rotatable bonds is 4. The lowest BCUT2D eigenvalue weighted by Crippen LogP contribution is -2.48. The number of carbonyl (C=O) groups is 1. The summed E-state index contributed by atoms with van der Waals surface area (Å²) in [5, 5.41) is 8.59. The Hall–Kier alpha value is -2.22. The van der Waals surface area contributed by atoms with Crippen molar-refractivity contribution in [2.24, 2.45) is 0 Å². The van der Waals surface area contributed by atoms with Crippen LogP contribution in [0.15, 0.2) is 24.3 Å². The van der Waals surface area contributed by atoms with Gasteiger partial charge in [0.2, 0.25) is 5.91 Å². The molecule has 0 aromatic heterocycles. The molecule has 1 aromatic rings. The van der Waals surface area contributed by atoms with Crippen LogP contribution < -0.4 is 9.64 Å². The van der Waals surface area contributed by atoms with Gasteiger partial charge in [0.25, 0.3) is 0 Å². The Labute approximate surface area is 125 Å². The fraction of sp³-hybridized carbons (Fsp3) is 0.500. The van der Waals surface area contributed by atoms with Gasteiger partial charge in [-0.05, 0) is 26.0 Å². The van der Waals surface area contributed by atoms with Crippen molar-refractivity contribution in [1.29, 1.82) is 5.26 Å². The lowest BCUT2D eigenvalue weighted by atomic mass is 10.2. The van der Waals surface area contributed by atoms with E-state index in [1.165, 1.54) is 0 Å². The number of hydrogen-bond acceptors (Lipinski definition) is 4. The van der Waals surface area contributed by atoms with E-state index in [4.69, 9.17) is 10.00 Å². The van der Waals surface area contributed by atoms with E-state index in [1.54, 1.807) is 4.90 Å². The van der Waals surface area contributed by atoms with E-state index in [9.17, 15) is 4.79 Å². The second-order valence-electron chi connectivity index (χ2n) is 5.34. The minimum Gasteiger partial charge on any atom is -0.489 e. The number of benzene rings is 1. The summed E-state index contributed by atoms with van der Waals surface area (Å²) in [7, 11) is 0. The molecule has 1 aliphatic rings. The summed E-state index contributed by atoms with van der Waals surface area (Å²) in [6.45, 7) is 6.84. The van der Waals surface area contributed by atoms with Crippen LogP contribution in [-0.2, 0) is 4.79 Å². The average molecular weight is 287 g/mol. The second-order valence-corrected chi connectivity index (χ2v) is 5.34. The van der Waals surface area contributed by atoms with Crippen molar-refractivity contribution in [2.45, 2.75) is 26.4 Å². The molecule has 1 aliphatic heterocycles. The van der Waals surface area contributed by atoms with Gasteiger partial charge in [0.1, 0.15) is 12.2 Å². The number of para-hydroxylation sites is 2. The topological polar surface area (TPSA) is 56.6 Å². The molecule has 1 fully saturated rings. The number of amides is 1. The predicted molar refractivity (Wildman–Crippen MR) is 81.2 cm³/mol. The molecule has 0 aliphatic carbocycles. The van der Waals surface area contributed by atoms with E-state index in [0.29, 0.717) is 13.1 Å². The van der Waals surface area contributed by atoms with Crippen molar-refractivity contribution >= 4 is 11.6 Å². The van der Waals surface area contributed by atoms with Crippen LogP contribution in [0.4, 0.5) is 5.69 Å². The first kappa shape index (κ1) is 15.2. The highest BCUT2D eigenvalue weighted by Gasteiger charge is 2.22. The maximum atomic E-state index is 11.7. The third kappa shape index (κ3) is 3.88. The van der Waals surface area contributed by atoms with E-state index in [1.807, 2.05) is 44.2 Å². The molecule has 0 radical (unpaired) electrons. The molecule has 0 N–H and O–H groups in total. The molecule has 0 saturated carbocycles. The monoisotopic (exact) mass is 287 g/mol. The molecule has 5 nitrogen and oxygen atoms in total. The molecule has 0 unspecified atom stereocenters. The molecule has 2 rings (SSSR count). The zero-order valence-corrected chi connectivity index (χ0v) is 12.6. The summed E-state index contributed by atoms with van der Waals surface area (Å²) in [5.41, 5.74) is 1.07. The molecule has 1 aromatic carbocycles. The summed E-state index contributed by atoms with van der Waals surface area (Å²) < 4.78 is 5.85. The molecule has 0 spiro atoms. The predicted octanol–water partition coefficient (Wildman–Crippen LogP) is 2.04. The highest BCUT2D eigenvalue weighted by atomic mass is 16.5. The Morgan fingerprint density at radius 1 is 1.29 bits per heavy atom. The molecule has 1 saturated heterocycles. The molecule has 21 heavy (non-hydrogen) atoms. The normalized spacial score (nSPS) is 15.0. The maximum Gasteiger partial charge on any atom is 0.236 e. The van der Waals surface area contributed by atoms with Crippen LogP contribution in [0.25, 0.3) is 0 Å². The van der Waals surface area contributed by atoms with Crippen LogP contribution in [0, 0.1) is 11.3 Å². The summed E-state index contributed by atoms with van der Waals surface area (Å²) >= 11 is 0. The quantitative estimate of drug-likeness (QED) is 0.850. The van der Waals surface area contributed by atoms with Gasteiger partial charge in [0.15, 0.2) is 0 Å². The van der Waals surface area contributed by atoms with Crippen molar-refractivity contribution in [3.05, 3.63) is 24.3 Å². The number of nitrogens with zero attached hydrogens (tertiary/aromatic N) is 3. The van der Waals surface area contributed by atoms with Gasteiger partial charge in [-0.2, -0.15) is 5.26 Å². The van der Waals surface area contributed by atoms with Crippen LogP contribution >= 0.6 is 0 Å². The summed E-state index contributed by atoms with van der Waals surface area (Å²) in [6, 6.07) is 9.90. The van der Waals surface area contributed by atoms with Crippen LogP contribution in [0.1, 0.15) is 20.3 Å². The standard InChI is InChI=1S/C16H21N3O2/c1-13(2)21-15-6-4-3-5-14(15)18-9-11-19(12-10-18)16(20)7-8-17/h3-6,13H,7,9-12H2,1-2H3. The zero-order chi connectivity index (χ0) is 15.2. The van der Waals surface area contributed by atoms with Gasteiger partial charge in [0, 0.05) is 26.2 Å². The molecule has 1 amide bonds. The Kier molecular flexibility index (Phi) is 5.04. The number of anilines is 1. The van der Waals surface area contributed by atoms with E-state index < -0.39 is 0 Å². The zero-order valence-electron chi connectivity index (χ0n) is 12.6. The summed E-state index contributed by atoms with van der Waals surface area (Å²) in [6.07, 6.45) is 0.0946. The lowest BCUT2D eigenvalue weighted by molar-refractivity contribution is -0.130. The van der Waals surface area contributed by atoms with Crippen molar-refractivity contribution < 1.29 is 9.53 Å². The molecule has 0 atom stereocenters. The van der Waals surface area contributed by atoms with Crippen molar-refractivity contribution in [3.63, 3.8) is 0 Å². The minimum absolute atomic E-state index is 0.0347. The Morgan fingerprint density at radius 3 is 2.57 bits per heavy atom. The number of carbonyl (C=O) groups excluding carboxylic acids is 1. The molecule has 5 heteroatoms. The second kappa shape index (κ2) is 6.98. The van der Waals surface area contributed by atoms with Crippen molar-refractivity contribution in [2.75, 3.05) is 31.1 Å². The first-order valence-electron chi connectivity index (χ1n) is 7.27. The fourth-order valence-corrected chi connectivity index (χ4v) is 2.45. The number of piperazine rings is 1. The van der Waals surface area contributed by atoms with Crippen molar-refractivity contribution in [1.82, 2.24) is 4.90 Å². The minimum atomic E-state index is -0.0798. The first-order chi connectivity index (χ1) is 10.1. The van der Waals surface area contributed by atoms with E-state index in [-0.39, 0.29) is 18.4 Å². The van der Waals surface area contributed by atoms with Gasteiger partial charge in [-0.3, -0.25) is 4.79 Å². The highest BCUT2D eigenvalue weighted by Crippen LogP contribution is 2.29. The van der Waals surface area contributed by atoms with Gasteiger partial charge in [-0.15, -0.1) is 0 Å². The van der Waals surface area contributed by atoms with Gasteiger partial charge in [0.05, 0.1) is 17.9 Å². The van der Waals surface area contributed by atoms with Crippen LogP contribution in [0.3, 0.4) is 0 Å². The molecular weight excluding hydrogens is 266 g/mol. The lowest BCUT2D eigenvalue weighted by Gasteiger charge is -2.36. The molecule has 1 heterocycles. The number of ether oxygens (including phenoxy) is 1.